The van der Waals surface area contributed by atoms with E-state index in [1.54, 1.807) is 0 Å². The van der Waals surface area contributed by atoms with Crippen LogP contribution in [0.25, 0.3) is 0 Å². The summed E-state index contributed by atoms with van der Waals surface area (Å²) < 4.78 is 0. The van der Waals surface area contributed by atoms with Gasteiger partial charge in [0.2, 0.25) is 0 Å². The summed E-state index contributed by atoms with van der Waals surface area (Å²) in [5.74, 6) is 0.663. The lowest BCUT2D eigenvalue weighted by Gasteiger charge is -2.17. The normalized spacial score (nSPS) is 12.5. The summed E-state index contributed by atoms with van der Waals surface area (Å²) in [5, 5.41) is 6.48. The van der Waals surface area contributed by atoms with Crippen LogP contribution in [0.15, 0.2) is 41.8 Å². The Balaban J connectivity index is 1.92. The minimum atomic E-state index is 0.663. The number of rotatable bonds is 8. The maximum atomic E-state index is 6.08. The molecule has 0 saturated carbocycles. The minimum absolute atomic E-state index is 0.663. The Morgan fingerprint density at radius 1 is 1.25 bits per heavy atom. The predicted molar refractivity (Wildman–Crippen MR) is 89.8 cm³/mol. The fraction of sp³-hybridized carbons (Fsp3) is 0.412. The van der Waals surface area contributed by atoms with Gasteiger partial charge in [-0.15, -0.1) is 11.3 Å². The lowest BCUT2D eigenvalue weighted by molar-refractivity contribution is 0.450. The fourth-order valence-electron chi connectivity index (χ4n) is 2.42. The average molecular weight is 308 g/mol. The molecule has 1 unspecified atom stereocenters. The second-order valence-corrected chi connectivity index (χ2v) is 6.59. The number of thiophene rings is 1. The summed E-state index contributed by atoms with van der Waals surface area (Å²) in [4.78, 5) is 1.48. The molecule has 0 spiro atoms. The van der Waals surface area contributed by atoms with Gasteiger partial charge >= 0.3 is 0 Å². The van der Waals surface area contributed by atoms with Crippen LogP contribution in [0, 0.1) is 5.92 Å². The first kappa shape index (κ1) is 15.6. The highest BCUT2D eigenvalue weighted by Gasteiger charge is 2.10. The van der Waals surface area contributed by atoms with Crippen molar-refractivity contribution in [1.82, 2.24) is 5.32 Å². The van der Waals surface area contributed by atoms with Crippen molar-refractivity contribution in [2.75, 3.05) is 13.1 Å². The van der Waals surface area contributed by atoms with Crippen LogP contribution in [0.1, 0.15) is 23.8 Å². The predicted octanol–water partition coefficient (Wildman–Crippen LogP) is 4.80. The second-order valence-electron chi connectivity index (χ2n) is 5.13. The van der Waals surface area contributed by atoms with Gasteiger partial charge in [-0.2, -0.15) is 0 Å². The topological polar surface area (TPSA) is 12.0 Å². The first-order valence-corrected chi connectivity index (χ1v) is 8.51. The molecule has 0 amide bonds. The fourth-order valence-corrected chi connectivity index (χ4v) is 3.36. The van der Waals surface area contributed by atoms with E-state index in [0.29, 0.717) is 5.92 Å². The summed E-state index contributed by atoms with van der Waals surface area (Å²) in [6.45, 7) is 4.27. The Hall–Kier alpha value is -0.830. The van der Waals surface area contributed by atoms with E-state index in [9.17, 15) is 0 Å². The van der Waals surface area contributed by atoms with Gasteiger partial charge in [0.25, 0.3) is 0 Å². The van der Waals surface area contributed by atoms with Crippen LogP contribution in [0.3, 0.4) is 0 Å². The van der Waals surface area contributed by atoms with Gasteiger partial charge in [0.15, 0.2) is 0 Å². The van der Waals surface area contributed by atoms with Gasteiger partial charge in [0.05, 0.1) is 0 Å². The summed E-state index contributed by atoms with van der Waals surface area (Å²) in [7, 11) is 0. The molecule has 1 nitrogen and oxygen atoms in total. The van der Waals surface area contributed by atoms with Crippen LogP contribution in [0.5, 0.6) is 0 Å². The smallest absolute Gasteiger partial charge is 0.0408 e. The monoisotopic (exact) mass is 307 g/mol. The summed E-state index contributed by atoms with van der Waals surface area (Å²) in [6.07, 6.45) is 3.49. The maximum absolute atomic E-state index is 6.08. The Bertz CT molecular complexity index is 495. The van der Waals surface area contributed by atoms with Crippen molar-refractivity contribution >= 4 is 22.9 Å². The van der Waals surface area contributed by atoms with Crippen LogP contribution in [-0.2, 0) is 12.8 Å². The van der Waals surface area contributed by atoms with Crippen LogP contribution in [0.2, 0.25) is 5.02 Å². The number of hydrogen-bond acceptors (Lipinski definition) is 2. The molecule has 0 bridgehead atoms. The molecule has 2 rings (SSSR count). The summed E-state index contributed by atoms with van der Waals surface area (Å²) in [6, 6.07) is 12.6. The molecule has 0 aliphatic rings. The second kappa shape index (κ2) is 8.46. The molecule has 0 aliphatic heterocycles. The third kappa shape index (κ3) is 5.28. The van der Waals surface area contributed by atoms with Gasteiger partial charge in [0.1, 0.15) is 0 Å². The highest BCUT2D eigenvalue weighted by Crippen LogP contribution is 2.19. The van der Waals surface area contributed by atoms with E-state index in [4.69, 9.17) is 11.6 Å². The quantitative estimate of drug-likeness (QED) is 0.738. The third-order valence-corrected chi connectivity index (χ3v) is 4.65. The molecular formula is C17H22ClNS. The zero-order valence-electron chi connectivity index (χ0n) is 11.9. The lowest BCUT2D eigenvalue weighted by atomic mass is 9.94. The molecule has 0 fully saturated rings. The highest BCUT2D eigenvalue weighted by atomic mass is 35.5. The molecular weight excluding hydrogens is 286 g/mol. The third-order valence-electron chi connectivity index (χ3n) is 3.48. The lowest BCUT2D eigenvalue weighted by Crippen LogP contribution is -2.24. The van der Waals surface area contributed by atoms with Crippen LogP contribution in [0.4, 0.5) is 0 Å². The SMILES string of the molecule is CCNCC(CCc1cccs1)Cc1cccc(Cl)c1. The van der Waals surface area contributed by atoms with E-state index in [-0.39, 0.29) is 0 Å². The minimum Gasteiger partial charge on any atom is -0.317 e. The zero-order chi connectivity index (χ0) is 14.2. The molecule has 0 radical (unpaired) electrons. The number of hydrogen-bond donors (Lipinski definition) is 1. The van der Waals surface area contributed by atoms with Crippen molar-refractivity contribution in [3.8, 4) is 0 Å². The number of nitrogens with one attached hydrogen (secondary N) is 1. The molecule has 0 saturated heterocycles. The molecule has 1 aromatic heterocycles. The zero-order valence-corrected chi connectivity index (χ0v) is 13.5. The Labute approximate surface area is 131 Å². The standard InChI is InChI=1S/C17H22ClNS/c1-2-19-13-15(8-9-17-7-4-10-20-17)11-14-5-3-6-16(18)12-14/h3-7,10,12,15,19H,2,8-9,11,13H2,1H3. The van der Waals surface area contributed by atoms with Crippen LogP contribution in [-0.4, -0.2) is 13.1 Å². The molecule has 3 heteroatoms. The molecule has 1 atom stereocenters. The highest BCUT2D eigenvalue weighted by molar-refractivity contribution is 7.09. The molecule has 1 aromatic carbocycles. The van der Waals surface area contributed by atoms with Gasteiger partial charge in [0, 0.05) is 9.90 Å². The van der Waals surface area contributed by atoms with Crippen LogP contribution < -0.4 is 5.32 Å². The average Bonchev–Trinajstić information content (AvgIpc) is 2.95. The van der Waals surface area contributed by atoms with Gasteiger partial charge in [-0.1, -0.05) is 36.7 Å². The van der Waals surface area contributed by atoms with Crippen molar-refractivity contribution in [3.63, 3.8) is 0 Å². The molecule has 2 aromatic rings. The number of benzene rings is 1. The Morgan fingerprint density at radius 2 is 2.15 bits per heavy atom. The first-order chi connectivity index (χ1) is 9.78. The van der Waals surface area contributed by atoms with Crippen molar-refractivity contribution in [1.29, 1.82) is 0 Å². The molecule has 1 N–H and O–H groups in total. The van der Waals surface area contributed by atoms with Crippen molar-refractivity contribution < 1.29 is 0 Å². The Kier molecular flexibility index (Phi) is 6.58. The van der Waals surface area contributed by atoms with E-state index >= 15 is 0 Å². The van der Waals surface area contributed by atoms with Gasteiger partial charge in [-0.05, 0) is 67.4 Å². The van der Waals surface area contributed by atoms with Crippen molar-refractivity contribution in [2.45, 2.75) is 26.2 Å². The van der Waals surface area contributed by atoms with E-state index in [0.717, 1.165) is 24.5 Å². The van der Waals surface area contributed by atoms with E-state index < -0.39 is 0 Å². The molecule has 20 heavy (non-hydrogen) atoms. The molecule has 0 aliphatic carbocycles. The molecule has 108 valence electrons. The number of halogens is 1. The van der Waals surface area contributed by atoms with Gasteiger partial charge in [-0.3, -0.25) is 0 Å². The largest absolute Gasteiger partial charge is 0.317 e. The van der Waals surface area contributed by atoms with Crippen molar-refractivity contribution in [3.05, 3.63) is 57.2 Å². The van der Waals surface area contributed by atoms with Crippen LogP contribution >= 0.6 is 22.9 Å². The van der Waals surface area contributed by atoms with E-state index in [1.807, 2.05) is 23.5 Å². The van der Waals surface area contributed by atoms with Gasteiger partial charge < -0.3 is 5.32 Å². The van der Waals surface area contributed by atoms with E-state index in [2.05, 4.69) is 41.9 Å². The Morgan fingerprint density at radius 3 is 2.85 bits per heavy atom. The van der Waals surface area contributed by atoms with Gasteiger partial charge in [-0.25, -0.2) is 0 Å². The maximum Gasteiger partial charge on any atom is 0.0408 e. The first-order valence-electron chi connectivity index (χ1n) is 7.25. The number of aryl methyl sites for hydroxylation is 1. The molecule has 1 heterocycles. The summed E-state index contributed by atoms with van der Waals surface area (Å²) >= 11 is 7.93. The summed E-state index contributed by atoms with van der Waals surface area (Å²) in [5.41, 5.74) is 1.34. The van der Waals surface area contributed by atoms with Crippen molar-refractivity contribution in [2.24, 2.45) is 5.92 Å². The van der Waals surface area contributed by atoms with E-state index in [1.165, 1.54) is 23.3 Å².